The highest BCUT2D eigenvalue weighted by molar-refractivity contribution is 6.26. The van der Waals surface area contributed by atoms with E-state index in [-0.39, 0.29) is 17.7 Å². The van der Waals surface area contributed by atoms with Gasteiger partial charge in [-0.3, -0.25) is 4.79 Å². The normalized spacial score (nSPS) is 16.3. The third-order valence-electron chi connectivity index (χ3n) is 3.30. The predicted molar refractivity (Wildman–Crippen MR) is 83.6 cm³/mol. The van der Waals surface area contributed by atoms with Crippen molar-refractivity contribution >= 4 is 25.5 Å². The highest BCUT2D eigenvalue weighted by Crippen LogP contribution is 2.32. The van der Waals surface area contributed by atoms with Crippen LogP contribution in [0.4, 0.5) is 0 Å². The molecule has 0 heterocycles. The van der Waals surface area contributed by atoms with Gasteiger partial charge >= 0.3 is 5.97 Å². The smallest absolute Gasteiger partial charge is 0.305 e. The lowest BCUT2D eigenvalue weighted by Gasteiger charge is -2.35. The molecule has 1 atom stereocenters. The second-order valence-electron chi connectivity index (χ2n) is 5.66. The number of hydrogen-bond donors (Lipinski definition) is 0. The van der Waals surface area contributed by atoms with Crippen LogP contribution < -0.4 is 0 Å². The zero-order chi connectivity index (χ0) is 14.9. The number of carbonyl (C=O) groups excluding carboxylic acids is 1. The Hall–Kier alpha value is -0.176. The fourth-order valence-electron chi connectivity index (χ4n) is 2.01. The topological polar surface area (TPSA) is 44.8 Å². The summed E-state index contributed by atoms with van der Waals surface area (Å²) in [5.74, 6) is 0.210. The van der Waals surface area contributed by atoms with E-state index in [4.69, 9.17) is 13.6 Å². The van der Waals surface area contributed by atoms with E-state index in [1.165, 1.54) is 7.11 Å². The van der Waals surface area contributed by atoms with Crippen molar-refractivity contribution in [2.75, 3.05) is 7.11 Å². The molecule has 19 heavy (non-hydrogen) atoms. The van der Waals surface area contributed by atoms with Crippen molar-refractivity contribution < 1.29 is 18.4 Å². The number of hydrogen-bond acceptors (Lipinski definition) is 4. The Balaban J connectivity index is 4.28. The summed E-state index contributed by atoms with van der Waals surface area (Å²) in [7, 11) is 0.502. The third-order valence-corrected chi connectivity index (χ3v) is 4.57. The van der Waals surface area contributed by atoms with E-state index in [9.17, 15) is 4.79 Å². The fourth-order valence-corrected chi connectivity index (χ4v) is 3.90. The third kappa shape index (κ3) is 7.86. The van der Waals surface area contributed by atoms with E-state index in [1.807, 2.05) is 0 Å². The number of esters is 1. The molecule has 0 aromatic rings. The van der Waals surface area contributed by atoms with E-state index in [0.717, 1.165) is 12.8 Å². The van der Waals surface area contributed by atoms with Crippen LogP contribution in [-0.4, -0.2) is 38.9 Å². The average molecular weight is 307 g/mol. The molecule has 0 spiro atoms. The van der Waals surface area contributed by atoms with Gasteiger partial charge in [0.05, 0.1) is 7.11 Å². The summed E-state index contributed by atoms with van der Waals surface area (Å²) in [4.78, 5) is 11.2. The summed E-state index contributed by atoms with van der Waals surface area (Å²) in [5.41, 5.74) is 0.0103. The molecular weight excluding hydrogens is 276 g/mol. The molecule has 0 bridgehead atoms. The Morgan fingerprint density at radius 2 is 1.74 bits per heavy atom. The van der Waals surface area contributed by atoms with Gasteiger partial charge in [-0.15, -0.1) is 0 Å². The molecule has 1 unspecified atom stereocenters. The van der Waals surface area contributed by atoms with Crippen LogP contribution in [0.2, 0.25) is 13.1 Å². The van der Waals surface area contributed by atoms with Crippen LogP contribution in [0.25, 0.3) is 0 Å². The molecule has 0 N–H and O–H groups in total. The van der Waals surface area contributed by atoms with E-state index >= 15 is 0 Å². The summed E-state index contributed by atoms with van der Waals surface area (Å²) in [6, 6.07) is 0. The number of rotatable bonds is 10. The minimum Gasteiger partial charge on any atom is -0.469 e. The Bertz CT molecular complexity index is 253. The van der Waals surface area contributed by atoms with Gasteiger partial charge in [0.15, 0.2) is 19.5 Å². The summed E-state index contributed by atoms with van der Waals surface area (Å²) in [5, 5.41) is 0. The van der Waals surface area contributed by atoms with Gasteiger partial charge in [-0.05, 0) is 18.8 Å². The highest BCUT2D eigenvalue weighted by atomic mass is 28.2. The van der Waals surface area contributed by atoms with E-state index in [2.05, 4.69) is 33.9 Å². The molecule has 0 saturated carbocycles. The van der Waals surface area contributed by atoms with Crippen molar-refractivity contribution in [1.29, 1.82) is 0 Å². The SMILES string of the molecule is COC(=O)CC(C)CCC(C)(C)C(O[SiH2]C)O[SiH2]C. The average Bonchev–Trinajstić information content (AvgIpc) is 2.36. The van der Waals surface area contributed by atoms with E-state index < -0.39 is 19.5 Å². The van der Waals surface area contributed by atoms with Crippen molar-refractivity contribution in [1.82, 2.24) is 0 Å². The van der Waals surface area contributed by atoms with Crippen molar-refractivity contribution in [2.45, 2.75) is 59.4 Å². The molecule has 0 aromatic heterocycles. The molecule has 0 aromatic carbocycles. The molecule has 0 aliphatic carbocycles. The minimum atomic E-state index is -0.469. The summed E-state index contributed by atoms with van der Waals surface area (Å²) in [6.45, 7) is 10.7. The standard InChI is InChI=1S/C13H30O4Si2/c1-10(9-11(14)15-4)7-8-13(2,3)12(16-18-5)17-19-6/h10,12H,7-9,18-19H2,1-6H3. The van der Waals surface area contributed by atoms with Gasteiger partial charge in [0.25, 0.3) is 0 Å². The fraction of sp³-hybridized carbons (Fsp3) is 0.923. The zero-order valence-corrected chi connectivity index (χ0v) is 16.2. The molecule has 6 heteroatoms. The lowest BCUT2D eigenvalue weighted by Crippen LogP contribution is -2.36. The summed E-state index contributed by atoms with van der Waals surface area (Å²) < 4.78 is 16.4. The maximum Gasteiger partial charge on any atom is 0.305 e. The van der Waals surface area contributed by atoms with Gasteiger partial charge in [0, 0.05) is 11.8 Å². The van der Waals surface area contributed by atoms with Crippen molar-refractivity contribution in [3.63, 3.8) is 0 Å². The molecule has 0 radical (unpaired) electrons. The second-order valence-corrected chi connectivity index (χ2v) is 7.48. The molecule has 4 nitrogen and oxygen atoms in total. The van der Waals surface area contributed by atoms with Gasteiger partial charge in [0.2, 0.25) is 0 Å². The van der Waals surface area contributed by atoms with Crippen LogP contribution in [-0.2, 0) is 18.4 Å². The molecule has 0 aliphatic rings. The van der Waals surface area contributed by atoms with Gasteiger partial charge in [-0.25, -0.2) is 0 Å². The zero-order valence-electron chi connectivity index (χ0n) is 13.3. The van der Waals surface area contributed by atoms with Crippen molar-refractivity contribution in [3.8, 4) is 0 Å². The maximum atomic E-state index is 11.2. The molecule has 0 fully saturated rings. The van der Waals surface area contributed by atoms with Gasteiger partial charge in [-0.1, -0.05) is 33.9 Å². The lowest BCUT2D eigenvalue weighted by atomic mass is 9.84. The van der Waals surface area contributed by atoms with Crippen LogP contribution in [0.15, 0.2) is 0 Å². The van der Waals surface area contributed by atoms with Gasteiger partial charge in [0.1, 0.15) is 6.29 Å². The molecular formula is C13H30O4Si2. The quantitative estimate of drug-likeness (QED) is 0.349. The van der Waals surface area contributed by atoms with Crippen LogP contribution in [0.5, 0.6) is 0 Å². The number of ether oxygens (including phenoxy) is 1. The Morgan fingerprint density at radius 3 is 2.16 bits per heavy atom. The Labute approximate surface area is 122 Å². The molecule has 0 amide bonds. The molecule has 0 aliphatic heterocycles. The first-order valence-corrected chi connectivity index (χ1v) is 11.2. The summed E-state index contributed by atoms with van der Waals surface area (Å²) >= 11 is 0. The predicted octanol–water partition coefficient (Wildman–Crippen LogP) is 1.62. The molecule has 0 saturated heterocycles. The monoisotopic (exact) mass is 306 g/mol. The van der Waals surface area contributed by atoms with Crippen LogP contribution in [0.3, 0.4) is 0 Å². The first kappa shape index (κ1) is 18.8. The van der Waals surface area contributed by atoms with E-state index in [0.29, 0.717) is 12.3 Å². The first-order valence-electron chi connectivity index (χ1n) is 7.17. The van der Waals surface area contributed by atoms with E-state index in [1.54, 1.807) is 0 Å². The maximum absolute atomic E-state index is 11.2. The van der Waals surface area contributed by atoms with Crippen LogP contribution in [0.1, 0.15) is 40.0 Å². The van der Waals surface area contributed by atoms with Crippen molar-refractivity contribution in [2.24, 2.45) is 11.3 Å². The highest BCUT2D eigenvalue weighted by Gasteiger charge is 2.30. The van der Waals surface area contributed by atoms with Gasteiger partial charge < -0.3 is 13.6 Å². The Kier molecular flexibility index (Phi) is 9.59. The number of carbonyl (C=O) groups is 1. The first-order chi connectivity index (χ1) is 8.87. The van der Waals surface area contributed by atoms with Crippen LogP contribution in [0, 0.1) is 11.3 Å². The van der Waals surface area contributed by atoms with Gasteiger partial charge in [-0.2, -0.15) is 0 Å². The largest absolute Gasteiger partial charge is 0.469 e. The second kappa shape index (κ2) is 9.68. The number of methoxy groups -OCH3 is 1. The summed E-state index contributed by atoms with van der Waals surface area (Å²) in [6.07, 6.45) is 2.41. The lowest BCUT2D eigenvalue weighted by molar-refractivity contribution is -0.141. The Morgan fingerprint density at radius 1 is 1.21 bits per heavy atom. The van der Waals surface area contributed by atoms with Crippen LogP contribution >= 0.6 is 0 Å². The minimum absolute atomic E-state index is 0.0103. The van der Waals surface area contributed by atoms with Crippen molar-refractivity contribution in [3.05, 3.63) is 0 Å². The molecule has 114 valence electrons. The molecule has 0 rings (SSSR count).